The molecule has 0 saturated heterocycles. The fourth-order valence-electron chi connectivity index (χ4n) is 3.17. The summed E-state index contributed by atoms with van der Waals surface area (Å²) in [4.78, 5) is 30.1. The van der Waals surface area contributed by atoms with Gasteiger partial charge in [0, 0.05) is 31.3 Å². The Morgan fingerprint density at radius 1 is 1.35 bits per heavy atom. The van der Waals surface area contributed by atoms with Crippen LogP contribution < -0.4 is 10.6 Å². The van der Waals surface area contributed by atoms with Gasteiger partial charge in [0.25, 0.3) is 11.6 Å². The molecule has 0 fully saturated rings. The number of primary amides is 1. The lowest BCUT2D eigenvalue weighted by Crippen LogP contribution is -2.14. The summed E-state index contributed by atoms with van der Waals surface area (Å²) in [5.74, 6) is -0.467. The number of nitrogens with two attached hydrogens (primary N) is 1. The molecule has 2 N–H and O–H groups in total. The molecule has 1 aliphatic rings. The van der Waals surface area contributed by atoms with Crippen LogP contribution in [0.2, 0.25) is 0 Å². The molecule has 1 aliphatic carbocycles. The van der Waals surface area contributed by atoms with Crippen molar-refractivity contribution in [2.75, 3.05) is 19.0 Å². The Balaban J connectivity index is 1.98. The molecule has 1 heterocycles. The first-order valence-electron chi connectivity index (χ1n) is 8.32. The van der Waals surface area contributed by atoms with Gasteiger partial charge in [-0.05, 0) is 42.9 Å². The van der Waals surface area contributed by atoms with E-state index in [1.54, 1.807) is 37.3 Å². The molecule has 0 saturated carbocycles. The van der Waals surface area contributed by atoms with Crippen molar-refractivity contribution in [3.63, 3.8) is 0 Å². The van der Waals surface area contributed by atoms with Crippen molar-refractivity contribution in [3.05, 3.63) is 49.9 Å². The molecule has 8 heteroatoms. The van der Waals surface area contributed by atoms with Gasteiger partial charge in [-0.2, -0.15) is 0 Å². The number of rotatable bonds is 5. The highest BCUT2D eigenvalue weighted by molar-refractivity contribution is 7.16. The molecule has 1 aromatic heterocycles. The third-order valence-corrected chi connectivity index (χ3v) is 5.61. The number of carbonyl (C=O) groups excluding carboxylic acids is 1. The SMILES string of the molecule is CN(C)c1ccc(C=Nc2sc3c(c2C(N)=O)CCCC3)cc1[N+](=O)[O-]. The second-order valence-corrected chi connectivity index (χ2v) is 7.50. The summed E-state index contributed by atoms with van der Waals surface area (Å²) in [5.41, 5.74) is 8.23. The molecule has 3 rings (SSSR count). The van der Waals surface area contributed by atoms with Crippen LogP contribution in [0.15, 0.2) is 23.2 Å². The highest BCUT2D eigenvalue weighted by Gasteiger charge is 2.23. The molecule has 2 aromatic rings. The minimum absolute atomic E-state index is 0.0135. The first kappa shape index (κ1) is 18.1. The maximum absolute atomic E-state index is 11.9. The van der Waals surface area contributed by atoms with Gasteiger partial charge in [0.2, 0.25) is 0 Å². The number of fused-ring (bicyclic) bond motifs is 1. The standard InChI is InChI=1S/C18H20N4O3S/c1-21(2)13-8-7-11(9-14(13)22(24)25)10-20-18-16(17(19)23)12-5-3-4-6-15(12)26-18/h7-10H,3-6H2,1-2H3,(H2,19,23). The first-order valence-corrected chi connectivity index (χ1v) is 9.14. The van der Waals surface area contributed by atoms with Crippen LogP contribution in [-0.4, -0.2) is 31.1 Å². The average molecular weight is 372 g/mol. The molecule has 0 unspecified atom stereocenters. The number of hydrogen-bond donors (Lipinski definition) is 1. The number of aliphatic imine (C=N–C) groups is 1. The van der Waals surface area contributed by atoms with Gasteiger partial charge in [-0.25, -0.2) is 4.99 Å². The summed E-state index contributed by atoms with van der Waals surface area (Å²) in [6.45, 7) is 0. The second-order valence-electron chi connectivity index (χ2n) is 6.41. The predicted molar refractivity (Wildman–Crippen MR) is 104 cm³/mol. The third kappa shape index (κ3) is 3.45. The molecular weight excluding hydrogens is 352 g/mol. The van der Waals surface area contributed by atoms with E-state index in [2.05, 4.69) is 4.99 Å². The molecule has 0 aliphatic heterocycles. The van der Waals surface area contributed by atoms with Crippen molar-refractivity contribution in [1.29, 1.82) is 0 Å². The summed E-state index contributed by atoms with van der Waals surface area (Å²) in [5, 5.41) is 11.9. The van der Waals surface area contributed by atoms with E-state index in [1.165, 1.54) is 22.3 Å². The number of nitro groups is 1. The Kier molecular flexibility index (Phi) is 5.03. The maximum Gasteiger partial charge on any atom is 0.293 e. The Hall–Kier alpha value is -2.74. The molecule has 136 valence electrons. The molecule has 0 radical (unpaired) electrons. The van der Waals surface area contributed by atoms with Gasteiger partial charge in [0.1, 0.15) is 10.7 Å². The van der Waals surface area contributed by atoms with E-state index in [9.17, 15) is 14.9 Å². The highest BCUT2D eigenvalue weighted by atomic mass is 32.1. The third-order valence-electron chi connectivity index (χ3n) is 4.41. The van der Waals surface area contributed by atoms with Crippen molar-refractivity contribution in [3.8, 4) is 0 Å². The summed E-state index contributed by atoms with van der Waals surface area (Å²) in [6.07, 6.45) is 5.50. The van der Waals surface area contributed by atoms with Crippen molar-refractivity contribution >= 4 is 39.8 Å². The lowest BCUT2D eigenvalue weighted by atomic mass is 9.95. The average Bonchev–Trinajstić information content (AvgIpc) is 2.98. The van der Waals surface area contributed by atoms with E-state index < -0.39 is 10.8 Å². The van der Waals surface area contributed by atoms with Crippen LogP contribution in [0.25, 0.3) is 0 Å². The van der Waals surface area contributed by atoms with E-state index in [-0.39, 0.29) is 5.69 Å². The first-order chi connectivity index (χ1) is 12.4. The zero-order chi connectivity index (χ0) is 18.8. The molecule has 0 atom stereocenters. The van der Waals surface area contributed by atoms with Crippen LogP contribution in [0.4, 0.5) is 16.4 Å². The molecule has 1 amide bonds. The predicted octanol–water partition coefficient (Wildman–Crippen LogP) is 3.45. The summed E-state index contributed by atoms with van der Waals surface area (Å²) >= 11 is 1.49. The Morgan fingerprint density at radius 3 is 2.73 bits per heavy atom. The van der Waals surface area contributed by atoms with Crippen LogP contribution in [0, 0.1) is 10.1 Å². The molecule has 1 aromatic carbocycles. The van der Waals surface area contributed by atoms with Gasteiger partial charge in [0.15, 0.2) is 0 Å². The zero-order valence-electron chi connectivity index (χ0n) is 14.7. The minimum Gasteiger partial charge on any atom is -0.372 e. The van der Waals surface area contributed by atoms with E-state index in [1.807, 2.05) is 0 Å². The van der Waals surface area contributed by atoms with E-state index in [0.717, 1.165) is 31.2 Å². The number of amides is 1. The molecule has 0 bridgehead atoms. The molecule has 7 nitrogen and oxygen atoms in total. The van der Waals surface area contributed by atoms with Crippen LogP contribution in [0.1, 0.15) is 39.2 Å². The van der Waals surface area contributed by atoms with Crippen molar-refractivity contribution in [2.45, 2.75) is 25.7 Å². The van der Waals surface area contributed by atoms with Gasteiger partial charge < -0.3 is 10.6 Å². The van der Waals surface area contributed by atoms with E-state index in [4.69, 9.17) is 5.73 Å². The Morgan fingerprint density at radius 2 is 2.08 bits per heavy atom. The number of hydrogen-bond acceptors (Lipinski definition) is 6. The van der Waals surface area contributed by atoms with E-state index in [0.29, 0.717) is 21.8 Å². The second kappa shape index (κ2) is 7.25. The van der Waals surface area contributed by atoms with E-state index >= 15 is 0 Å². The normalized spacial score (nSPS) is 13.6. The number of anilines is 1. The topological polar surface area (TPSA) is 102 Å². The summed E-state index contributed by atoms with van der Waals surface area (Å²) in [6, 6.07) is 4.94. The lowest BCUT2D eigenvalue weighted by Gasteiger charge is -2.12. The van der Waals surface area contributed by atoms with Gasteiger partial charge in [-0.1, -0.05) is 6.07 Å². The molecule has 26 heavy (non-hydrogen) atoms. The van der Waals surface area contributed by atoms with Crippen LogP contribution in [0.5, 0.6) is 0 Å². The van der Waals surface area contributed by atoms with Crippen molar-refractivity contribution < 1.29 is 9.72 Å². The van der Waals surface area contributed by atoms with Gasteiger partial charge in [-0.3, -0.25) is 14.9 Å². The fraction of sp³-hybridized carbons (Fsp3) is 0.333. The number of carbonyl (C=O) groups is 1. The largest absolute Gasteiger partial charge is 0.372 e. The highest BCUT2D eigenvalue weighted by Crippen LogP contribution is 2.39. The number of nitro benzene ring substituents is 1. The van der Waals surface area contributed by atoms with Crippen LogP contribution in [0.3, 0.4) is 0 Å². The number of aryl methyl sites for hydroxylation is 1. The van der Waals surface area contributed by atoms with Crippen LogP contribution in [-0.2, 0) is 12.8 Å². The summed E-state index contributed by atoms with van der Waals surface area (Å²) < 4.78 is 0. The van der Waals surface area contributed by atoms with Crippen molar-refractivity contribution in [2.24, 2.45) is 10.7 Å². The Bertz CT molecular complexity index is 902. The fourth-order valence-corrected chi connectivity index (χ4v) is 4.41. The lowest BCUT2D eigenvalue weighted by molar-refractivity contribution is -0.384. The maximum atomic E-state index is 11.9. The Labute approximate surface area is 155 Å². The number of nitrogens with zero attached hydrogens (tertiary/aromatic N) is 3. The number of thiophene rings is 1. The quantitative estimate of drug-likeness (QED) is 0.493. The minimum atomic E-state index is -0.467. The summed E-state index contributed by atoms with van der Waals surface area (Å²) in [7, 11) is 3.51. The molecule has 0 spiro atoms. The van der Waals surface area contributed by atoms with Crippen molar-refractivity contribution in [1.82, 2.24) is 0 Å². The monoisotopic (exact) mass is 372 g/mol. The number of benzene rings is 1. The van der Waals surface area contributed by atoms with Gasteiger partial charge >= 0.3 is 0 Å². The van der Waals surface area contributed by atoms with Gasteiger partial charge in [0.05, 0.1) is 10.5 Å². The molecular formula is C18H20N4O3S. The van der Waals surface area contributed by atoms with Gasteiger partial charge in [-0.15, -0.1) is 11.3 Å². The zero-order valence-corrected chi connectivity index (χ0v) is 15.5. The van der Waals surface area contributed by atoms with Crippen LogP contribution >= 0.6 is 11.3 Å². The smallest absolute Gasteiger partial charge is 0.293 e.